The second-order valence-corrected chi connectivity index (χ2v) is 6.72. The highest BCUT2D eigenvalue weighted by molar-refractivity contribution is 5.85. The van der Waals surface area contributed by atoms with Crippen molar-refractivity contribution in [2.45, 2.75) is 64.3 Å². The van der Waals surface area contributed by atoms with Gasteiger partial charge in [0.1, 0.15) is 0 Å². The maximum absolute atomic E-state index is 12.3. The number of hydrogen-bond acceptors (Lipinski definition) is 3. The van der Waals surface area contributed by atoms with E-state index >= 15 is 0 Å². The smallest absolute Gasteiger partial charge is 0.220 e. The first kappa shape index (κ1) is 22.0. The van der Waals surface area contributed by atoms with Crippen LogP contribution in [0.2, 0.25) is 0 Å². The molecular formula is C16H33Cl2N3O. The monoisotopic (exact) mass is 353 g/mol. The summed E-state index contributed by atoms with van der Waals surface area (Å²) in [6, 6.07) is 0.378. The third-order valence-corrected chi connectivity index (χ3v) is 5.28. The number of halogens is 2. The minimum absolute atomic E-state index is 0. The lowest BCUT2D eigenvalue weighted by Gasteiger charge is -2.37. The first-order valence-corrected chi connectivity index (χ1v) is 8.39. The molecule has 3 N–H and O–H groups in total. The normalized spacial score (nSPS) is 22.3. The highest BCUT2D eigenvalue weighted by Crippen LogP contribution is 2.38. The molecular weight excluding hydrogens is 321 g/mol. The Labute approximate surface area is 147 Å². The van der Waals surface area contributed by atoms with E-state index in [1.165, 1.54) is 19.3 Å². The summed E-state index contributed by atoms with van der Waals surface area (Å²) in [6.07, 6.45) is 8.86. The Morgan fingerprint density at radius 1 is 1.18 bits per heavy atom. The van der Waals surface area contributed by atoms with E-state index in [2.05, 4.69) is 17.1 Å². The molecule has 2 aliphatic rings. The zero-order valence-corrected chi connectivity index (χ0v) is 15.4. The molecule has 0 unspecified atom stereocenters. The van der Waals surface area contributed by atoms with Crippen LogP contribution in [-0.2, 0) is 4.79 Å². The number of nitrogens with one attached hydrogen (secondary N) is 1. The Balaban J connectivity index is 0.00000220. The molecule has 1 saturated heterocycles. The van der Waals surface area contributed by atoms with Crippen molar-refractivity contribution in [3.05, 3.63) is 0 Å². The zero-order chi connectivity index (χ0) is 14.4. The highest BCUT2D eigenvalue weighted by Gasteiger charge is 2.33. The van der Waals surface area contributed by atoms with Crippen LogP contribution < -0.4 is 11.1 Å². The van der Waals surface area contributed by atoms with Gasteiger partial charge in [0, 0.05) is 25.6 Å². The van der Waals surface area contributed by atoms with Crippen LogP contribution in [0.5, 0.6) is 0 Å². The number of hydrogen-bond donors (Lipinski definition) is 2. The van der Waals surface area contributed by atoms with Crippen LogP contribution >= 0.6 is 24.8 Å². The Bertz CT molecular complexity index is 315. The van der Waals surface area contributed by atoms with Crippen molar-refractivity contribution in [2.24, 2.45) is 11.1 Å². The van der Waals surface area contributed by atoms with Gasteiger partial charge in [0.2, 0.25) is 5.91 Å². The average Bonchev–Trinajstić information content (AvgIpc) is 2.49. The number of nitrogens with zero attached hydrogens (tertiary/aromatic N) is 1. The summed E-state index contributed by atoms with van der Waals surface area (Å²) in [6.45, 7) is 6.21. The largest absolute Gasteiger partial charge is 0.353 e. The molecule has 1 amide bonds. The van der Waals surface area contributed by atoms with E-state index in [-0.39, 0.29) is 36.1 Å². The van der Waals surface area contributed by atoms with Gasteiger partial charge in [-0.25, -0.2) is 0 Å². The lowest BCUT2D eigenvalue weighted by Crippen LogP contribution is -2.46. The summed E-state index contributed by atoms with van der Waals surface area (Å²) < 4.78 is 0. The summed E-state index contributed by atoms with van der Waals surface area (Å²) in [5.74, 6) is 0.229. The van der Waals surface area contributed by atoms with Gasteiger partial charge in [-0.05, 0) is 44.2 Å². The van der Waals surface area contributed by atoms with Crippen molar-refractivity contribution >= 4 is 30.7 Å². The second-order valence-electron chi connectivity index (χ2n) is 6.72. The summed E-state index contributed by atoms with van der Waals surface area (Å²) in [5.41, 5.74) is 6.06. The number of amides is 1. The highest BCUT2D eigenvalue weighted by atomic mass is 35.5. The fraction of sp³-hybridized carbons (Fsp3) is 0.938. The van der Waals surface area contributed by atoms with E-state index in [1.807, 2.05) is 0 Å². The number of carbonyl (C=O) groups is 1. The molecule has 1 aliphatic carbocycles. The van der Waals surface area contributed by atoms with Crippen molar-refractivity contribution in [3.63, 3.8) is 0 Å². The van der Waals surface area contributed by atoms with Crippen LogP contribution in [0.1, 0.15) is 58.3 Å². The van der Waals surface area contributed by atoms with Crippen LogP contribution in [-0.4, -0.2) is 43.0 Å². The molecule has 0 atom stereocenters. The first-order valence-electron chi connectivity index (χ1n) is 8.39. The Morgan fingerprint density at radius 3 is 2.27 bits per heavy atom. The SMILES string of the molecule is CCN1CCC(NC(=O)CC2(CN)CCCCC2)CC1.Cl.Cl. The minimum atomic E-state index is 0. The molecule has 2 rings (SSSR count). The van der Waals surface area contributed by atoms with E-state index in [0.717, 1.165) is 45.3 Å². The van der Waals surface area contributed by atoms with Crippen molar-refractivity contribution in [2.75, 3.05) is 26.2 Å². The van der Waals surface area contributed by atoms with E-state index in [4.69, 9.17) is 5.73 Å². The molecule has 0 aromatic carbocycles. The predicted octanol–water partition coefficient (Wildman–Crippen LogP) is 2.73. The molecule has 1 saturated carbocycles. The van der Waals surface area contributed by atoms with Gasteiger partial charge < -0.3 is 16.0 Å². The predicted molar refractivity (Wildman–Crippen MR) is 97.0 cm³/mol. The average molecular weight is 354 g/mol. The van der Waals surface area contributed by atoms with Crippen molar-refractivity contribution < 1.29 is 4.79 Å². The van der Waals surface area contributed by atoms with Gasteiger partial charge in [-0.1, -0.05) is 26.2 Å². The first-order chi connectivity index (χ1) is 9.67. The summed E-state index contributed by atoms with van der Waals surface area (Å²) in [7, 11) is 0. The van der Waals surface area contributed by atoms with Gasteiger partial charge in [-0.15, -0.1) is 24.8 Å². The Hall–Kier alpha value is -0.0300. The molecule has 6 heteroatoms. The third kappa shape index (κ3) is 6.23. The molecule has 0 aromatic rings. The summed E-state index contributed by atoms with van der Waals surface area (Å²) >= 11 is 0. The van der Waals surface area contributed by atoms with Crippen LogP contribution in [0, 0.1) is 5.41 Å². The van der Waals surface area contributed by atoms with Gasteiger partial charge in [0.05, 0.1) is 0 Å². The summed E-state index contributed by atoms with van der Waals surface area (Å²) in [4.78, 5) is 14.8. The van der Waals surface area contributed by atoms with Crippen LogP contribution in [0.4, 0.5) is 0 Å². The van der Waals surface area contributed by atoms with Gasteiger partial charge >= 0.3 is 0 Å². The maximum Gasteiger partial charge on any atom is 0.220 e. The molecule has 4 nitrogen and oxygen atoms in total. The molecule has 132 valence electrons. The zero-order valence-electron chi connectivity index (χ0n) is 13.8. The van der Waals surface area contributed by atoms with Gasteiger partial charge in [-0.3, -0.25) is 4.79 Å². The van der Waals surface area contributed by atoms with E-state index in [1.54, 1.807) is 0 Å². The molecule has 1 heterocycles. The fourth-order valence-electron chi connectivity index (χ4n) is 3.77. The fourth-order valence-corrected chi connectivity index (χ4v) is 3.77. The second kappa shape index (κ2) is 10.7. The Kier molecular flexibility index (Phi) is 10.7. The van der Waals surface area contributed by atoms with Crippen LogP contribution in [0.3, 0.4) is 0 Å². The maximum atomic E-state index is 12.3. The van der Waals surface area contributed by atoms with Crippen molar-refractivity contribution in [1.29, 1.82) is 0 Å². The molecule has 22 heavy (non-hydrogen) atoms. The van der Waals surface area contributed by atoms with Gasteiger partial charge in [0.15, 0.2) is 0 Å². The van der Waals surface area contributed by atoms with Crippen LogP contribution in [0.15, 0.2) is 0 Å². The molecule has 1 aliphatic heterocycles. The van der Waals surface area contributed by atoms with E-state index < -0.39 is 0 Å². The minimum Gasteiger partial charge on any atom is -0.353 e. The molecule has 0 aromatic heterocycles. The number of nitrogens with two attached hydrogens (primary N) is 1. The molecule has 0 spiro atoms. The summed E-state index contributed by atoms with van der Waals surface area (Å²) in [5, 5.41) is 3.25. The van der Waals surface area contributed by atoms with Crippen LogP contribution in [0.25, 0.3) is 0 Å². The lowest BCUT2D eigenvalue weighted by atomic mass is 9.71. The standard InChI is InChI=1S/C16H31N3O.2ClH/c1-2-19-10-6-14(7-11-19)18-15(20)12-16(13-17)8-4-3-5-9-16;;/h14H,2-13,17H2,1H3,(H,18,20);2*1H. The molecule has 0 radical (unpaired) electrons. The van der Waals surface area contributed by atoms with Gasteiger partial charge in [0.25, 0.3) is 0 Å². The number of piperidine rings is 1. The van der Waals surface area contributed by atoms with Crippen molar-refractivity contribution in [1.82, 2.24) is 10.2 Å². The molecule has 2 fully saturated rings. The van der Waals surface area contributed by atoms with Gasteiger partial charge in [-0.2, -0.15) is 0 Å². The lowest BCUT2D eigenvalue weighted by molar-refractivity contribution is -0.124. The number of rotatable bonds is 5. The van der Waals surface area contributed by atoms with E-state index in [0.29, 0.717) is 19.0 Å². The Morgan fingerprint density at radius 2 is 1.77 bits per heavy atom. The van der Waals surface area contributed by atoms with Crippen molar-refractivity contribution in [3.8, 4) is 0 Å². The third-order valence-electron chi connectivity index (χ3n) is 5.28. The number of carbonyl (C=O) groups excluding carboxylic acids is 1. The quantitative estimate of drug-likeness (QED) is 0.798. The number of likely N-dealkylation sites (tertiary alicyclic amines) is 1. The topological polar surface area (TPSA) is 58.4 Å². The van der Waals surface area contributed by atoms with E-state index in [9.17, 15) is 4.79 Å². The molecule has 0 bridgehead atoms.